The fourth-order valence-corrected chi connectivity index (χ4v) is 6.80. The maximum absolute atomic E-state index is 11.4. The van der Waals surface area contributed by atoms with Gasteiger partial charge in [0.05, 0.1) is 33.5 Å². The Kier molecular flexibility index (Phi) is 5.44. The van der Waals surface area contributed by atoms with E-state index in [9.17, 15) is 5.11 Å². The van der Waals surface area contributed by atoms with Gasteiger partial charge in [0.25, 0.3) is 0 Å². The van der Waals surface area contributed by atoms with Gasteiger partial charge in [0.1, 0.15) is 11.6 Å². The van der Waals surface area contributed by atoms with Gasteiger partial charge in [0, 0.05) is 39.3 Å². The lowest BCUT2D eigenvalue weighted by Gasteiger charge is -2.23. The number of hydrogen-bond acceptors (Lipinski definition) is 3. The first kappa shape index (κ1) is 21.6. The number of phenolic OH excluding ortho intramolecular Hbond substituents is 1. The molecule has 1 N–H and O–H groups in total. The fraction of sp³-hybridized carbons (Fsp3) is 0.176. The van der Waals surface area contributed by atoms with E-state index in [4.69, 9.17) is 26.9 Å². The van der Waals surface area contributed by atoms with Gasteiger partial charge in [-0.25, -0.2) is 4.98 Å². The van der Waals surface area contributed by atoms with Crippen molar-refractivity contribution in [3.05, 3.63) is 168 Å². The average molecular weight is 734 g/mol. The van der Waals surface area contributed by atoms with Gasteiger partial charge in [-0.3, -0.25) is 9.55 Å². The van der Waals surface area contributed by atoms with Gasteiger partial charge < -0.3 is 5.11 Å². The molecule has 0 aliphatic heterocycles. The number of imidazole rings is 1. The zero-order chi connectivity index (χ0) is 52.0. The van der Waals surface area contributed by atoms with Gasteiger partial charge in [-0.2, -0.15) is 0 Å². The van der Waals surface area contributed by atoms with Crippen molar-refractivity contribution in [1.29, 1.82) is 0 Å². The number of fused-ring (bicyclic) bond motifs is 1. The highest BCUT2D eigenvalue weighted by Crippen LogP contribution is 2.42. The van der Waals surface area contributed by atoms with E-state index in [1.807, 2.05) is 57.2 Å². The van der Waals surface area contributed by atoms with Gasteiger partial charge in [-0.1, -0.05) is 138 Å². The van der Waals surface area contributed by atoms with Crippen LogP contribution in [0.15, 0.2) is 152 Å². The Bertz CT molecular complexity index is 3300. The summed E-state index contributed by atoms with van der Waals surface area (Å²) in [5, 5.41) is 11.4. The Morgan fingerprint density at radius 2 is 1.35 bits per heavy atom. The first-order chi connectivity index (χ1) is 33.0. The third-order valence-corrected chi connectivity index (χ3v) is 9.66. The maximum atomic E-state index is 11.4. The molecule has 6 aromatic carbocycles. The second-order valence-corrected chi connectivity index (χ2v) is 14.5. The molecule has 272 valence electrons. The molecule has 55 heavy (non-hydrogen) atoms. The van der Waals surface area contributed by atoms with Crippen LogP contribution in [0.5, 0.6) is 5.75 Å². The highest BCUT2D eigenvalue weighted by Gasteiger charge is 2.25. The Morgan fingerprint density at radius 3 is 2.09 bits per heavy atom. The standard InChI is InChI=1S/C51H47N3O/c1-33-20-22-34(23-21-33)36-26-27-52-44(31-36)38-28-37(29-40(30-38)51(5,6)7)41-17-13-18-46-48(41)53-49(42-16-11-12-19-47(42)55)54(46)45-25-24-39(50(2,3)4)32-43(45)35-14-9-8-10-15-35/h8-32,55H,1-7H3/i1D3,2D3,3D3,4D3,20D,21D,22D,23D. The molecular formula is C51H47N3O. The number of phenols is 1. The highest BCUT2D eigenvalue weighted by atomic mass is 16.3. The molecule has 0 atom stereocenters. The third-order valence-electron chi connectivity index (χ3n) is 9.66. The molecule has 0 spiro atoms. The van der Waals surface area contributed by atoms with E-state index >= 15 is 0 Å². The Labute approximate surface area is 347 Å². The SMILES string of the molecule is [2H]c1c([2H])c(C([2H])([2H])[2H])c([2H])c([2H])c1-c1ccnc(-c2cc(-c3cccc4c3nc(-c3ccccc3O)n4-c3ccc(C(C([2H])([2H])[2H])(C([2H])([2H])[2H])C([2H])([2H])[2H])cc3-c3ccccc3)cc(C(C)(C)C)c2)c1. The number of benzene rings is 6. The van der Waals surface area contributed by atoms with Crippen molar-refractivity contribution in [3.63, 3.8) is 0 Å². The minimum absolute atomic E-state index is 0.0836. The fourth-order valence-electron chi connectivity index (χ4n) is 6.80. The number of hydrogen-bond donors (Lipinski definition) is 1. The predicted octanol–water partition coefficient (Wildman–Crippen LogP) is 13.4. The summed E-state index contributed by atoms with van der Waals surface area (Å²) in [5.74, 6) is 0.127. The van der Waals surface area contributed by atoms with Crippen molar-refractivity contribution in [2.75, 3.05) is 0 Å². The normalized spacial score (nSPS) is 17.1. The summed E-state index contributed by atoms with van der Waals surface area (Å²) in [5.41, 5.74) is 0.988. The van der Waals surface area contributed by atoms with Crippen LogP contribution >= 0.6 is 0 Å². The van der Waals surface area contributed by atoms with Crippen molar-refractivity contribution in [2.45, 2.75) is 59.0 Å². The molecule has 0 aliphatic rings. The number of nitrogens with zero attached hydrogens (tertiary/aromatic N) is 3. The van der Waals surface area contributed by atoms with Crippen LogP contribution in [-0.4, -0.2) is 19.6 Å². The summed E-state index contributed by atoms with van der Waals surface area (Å²) in [6.07, 6.45) is 1.48. The summed E-state index contributed by atoms with van der Waals surface area (Å²) in [6.45, 7) is -7.33. The van der Waals surface area contributed by atoms with Crippen molar-refractivity contribution >= 4 is 11.0 Å². The van der Waals surface area contributed by atoms with Crippen LogP contribution in [0.3, 0.4) is 0 Å². The van der Waals surface area contributed by atoms with E-state index in [2.05, 4.69) is 4.98 Å². The Balaban J connectivity index is 1.41. The monoisotopic (exact) mass is 733 g/mol. The zero-order valence-corrected chi connectivity index (χ0v) is 30.4. The summed E-state index contributed by atoms with van der Waals surface area (Å²) in [7, 11) is 0. The van der Waals surface area contributed by atoms with Crippen LogP contribution in [0, 0.1) is 6.85 Å². The van der Waals surface area contributed by atoms with Crippen LogP contribution in [0.1, 0.15) is 79.9 Å². The number of pyridine rings is 1. The van der Waals surface area contributed by atoms with Crippen molar-refractivity contribution in [3.8, 4) is 67.5 Å². The molecule has 2 heterocycles. The van der Waals surface area contributed by atoms with Crippen LogP contribution < -0.4 is 0 Å². The summed E-state index contributed by atoms with van der Waals surface area (Å²) < 4.78 is 136. The third kappa shape index (κ3) is 6.97. The number of aromatic nitrogens is 3. The van der Waals surface area contributed by atoms with E-state index in [1.165, 1.54) is 36.5 Å². The quantitative estimate of drug-likeness (QED) is 0.185. The van der Waals surface area contributed by atoms with Gasteiger partial charge in [-0.15, -0.1) is 0 Å². The molecule has 0 saturated carbocycles. The van der Waals surface area contributed by atoms with Crippen molar-refractivity contribution in [2.24, 2.45) is 0 Å². The smallest absolute Gasteiger partial charge is 0.149 e. The molecule has 8 rings (SSSR count). The number of para-hydroxylation sites is 2. The molecule has 0 bridgehead atoms. The summed E-state index contributed by atoms with van der Waals surface area (Å²) in [6, 6.07) is 31.5. The molecule has 2 aromatic heterocycles. The maximum Gasteiger partial charge on any atom is 0.149 e. The minimum atomic E-state index is -3.52. The molecule has 4 heteroatoms. The molecule has 0 fully saturated rings. The largest absolute Gasteiger partial charge is 0.507 e. The molecule has 8 aromatic rings. The van der Waals surface area contributed by atoms with Gasteiger partial charge >= 0.3 is 0 Å². The van der Waals surface area contributed by atoms with E-state index < -0.39 is 73.5 Å². The Morgan fingerprint density at radius 1 is 0.600 bits per heavy atom. The number of aromatic hydroxyl groups is 1. The van der Waals surface area contributed by atoms with E-state index in [1.54, 1.807) is 59.2 Å². The second kappa shape index (κ2) is 13.9. The second-order valence-electron chi connectivity index (χ2n) is 14.5. The lowest BCUT2D eigenvalue weighted by Crippen LogP contribution is -2.12. The minimum Gasteiger partial charge on any atom is -0.507 e. The topological polar surface area (TPSA) is 50.9 Å². The van der Waals surface area contributed by atoms with Crippen LogP contribution in [0.25, 0.3) is 72.7 Å². The average Bonchev–Trinajstić information content (AvgIpc) is 3.66. The van der Waals surface area contributed by atoms with E-state index in [-0.39, 0.29) is 28.3 Å². The molecule has 0 amide bonds. The molecule has 0 radical (unpaired) electrons. The van der Waals surface area contributed by atoms with Gasteiger partial charge in [0.2, 0.25) is 0 Å². The lowest BCUT2D eigenvalue weighted by atomic mass is 9.83. The van der Waals surface area contributed by atoms with Gasteiger partial charge in [0.15, 0.2) is 0 Å². The zero-order valence-electron chi connectivity index (χ0n) is 46.4. The number of rotatable bonds is 6. The molecular weight excluding hydrogens is 671 g/mol. The van der Waals surface area contributed by atoms with E-state index in [0.717, 1.165) is 5.56 Å². The summed E-state index contributed by atoms with van der Waals surface area (Å²) in [4.78, 5) is 9.90. The molecule has 0 saturated heterocycles. The predicted molar refractivity (Wildman–Crippen MR) is 230 cm³/mol. The van der Waals surface area contributed by atoms with Gasteiger partial charge in [-0.05, 0) is 106 Å². The molecule has 4 nitrogen and oxygen atoms in total. The van der Waals surface area contributed by atoms with Crippen LogP contribution in [0.2, 0.25) is 0 Å². The first-order valence-electron chi connectivity index (χ1n) is 25.7. The lowest BCUT2D eigenvalue weighted by molar-refractivity contribution is 0.477. The van der Waals surface area contributed by atoms with E-state index in [0.29, 0.717) is 50.2 Å². The van der Waals surface area contributed by atoms with Crippen LogP contribution in [-0.2, 0) is 10.8 Å². The van der Waals surface area contributed by atoms with Crippen LogP contribution in [0.4, 0.5) is 0 Å². The molecule has 0 aliphatic carbocycles. The van der Waals surface area contributed by atoms with Crippen molar-refractivity contribution < 1.29 is 27.0 Å². The summed E-state index contributed by atoms with van der Waals surface area (Å²) >= 11 is 0. The Hall–Kier alpha value is -6.26. The molecule has 0 unspecified atom stereocenters. The highest BCUT2D eigenvalue weighted by molar-refractivity contribution is 5.97. The van der Waals surface area contributed by atoms with Crippen molar-refractivity contribution in [1.82, 2.24) is 14.5 Å². The first-order valence-corrected chi connectivity index (χ1v) is 17.7.